The molecule has 6 heteroatoms. The Morgan fingerprint density at radius 1 is 1.44 bits per heavy atom. The van der Waals surface area contributed by atoms with E-state index in [2.05, 4.69) is 23.3 Å². The summed E-state index contributed by atoms with van der Waals surface area (Å²) < 4.78 is 11.8. The highest BCUT2D eigenvalue weighted by atomic mass is 16.6. The Bertz CT molecular complexity index is 696. The first-order valence-electron chi connectivity index (χ1n) is 9.17. The van der Waals surface area contributed by atoms with E-state index in [0.29, 0.717) is 12.6 Å². The molecule has 25 heavy (non-hydrogen) atoms. The number of carbonyl (C=O) groups is 1. The summed E-state index contributed by atoms with van der Waals surface area (Å²) in [6.07, 6.45) is 5.63. The molecule has 1 aliphatic carbocycles. The van der Waals surface area contributed by atoms with Crippen LogP contribution < -0.4 is 10.1 Å². The molecule has 1 saturated carbocycles. The van der Waals surface area contributed by atoms with Crippen molar-refractivity contribution in [3.63, 3.8) is 0 Å². The van der Waals surface area contributed by atoms with Gasteiger partial charge in [-0.25, -0.2) is 9.78 Å². The van der Waals surface area contributed by atoms with E-state index in [-0.39, 0.29) is 17.7 Å². The van der Waals surface area contributed by atoms with E-state index in [4.69, 9.17) is 9.47 Å². The van der Waals surface area contributed by atoms with Gasteiger partial charge < -0.3 is 19.7 Å². The Hall–Kier alpha value is -1.98. The first-order chi connectivity index (χ1) is 11.7. The van der Waals surface area contributed by atoms with E-state index in [1.807, 2.05) is 27.0 Å². The van der Waals surface area contributed by atoms with Crippen molar-refractivity contribution in [3.05, 3.63) is 17.8 Å². The van der Waals surface area contributed by atoms with Gasteiger partial charge in [0.2, 0.25) is 0 Å². The summed E-state index contributed by atoms with van der Waals surface area (Å²) in [7, 11) is 0. The summed E-state index contributed by atoms with van der Waals surface area (Å²) in [6.45, 7) is 8.29. The van der Waals surface area contributed by atoms with E-state index in [9.17, 15) is 4.79 Å². The maximum Gasteiger partial charge on any atom is 0.410 e. The Balaban J connectivity index is 1.47. The minimum Gasteiger partial charge on any atom is -0.483 e. The van der Waals surface area contributed by atoms with Gasteiger partial charge in [-0.05, 0) is 46.6 Å². The summed E-state index contributed by atoms with van der Waals surface area (Å²) in [5.74, 6) is 1.77. The van der Waals surface area contributed by atoms with Gasteiger partial charge in [0.1, 0.15) is 22.8 Å². The number of carbonyl (C=O) groups excluding carboxylic acids is 1. The molecule has 1 aromatic rings. The average molecular weight is 345 g/mol. The molecule has 1 aromatic heterocycles. The van der Waals surface area contributed by atoms with Gasteiger partial charge in [0.25, 0.3) is 0 Å². The predicted molar refractivity (Wildman–Crippen MR) is 95.0 cm³/mol. The Morgan fingerprint density at radius 2 is 2.20 bits per heavy atom. The normalized spacial score (nSPS) is 28.0. The number of likely N-dealkylation sites (tertiary alicyclic amines) is 1. The number of hydrogen-bond acceptors (Lipinski definition) is 5. The highest BCUT2D eigenvalue weighted by Crippen LogP contribution is 2.43. The number of amides is 1. The van der Waals surface area contributed by atoms with Crippen LogP contribution in [0, 0.1) is 0 Å². The lowest BCUT2D eigenvalue weighted by atomic mass is 9.95. The van der Waals surface area contributed by atoms with Gasteiger partial charge in [0.15, 0.2) is 0 Å². The van der Waals surface area contributed by atoms with E-state index in [0.717, 1.165) is 24.4 Å². The number of nitrogens with one attached hydrogen (secondary N) is 1. The lowest BCUT2D eigenvalue weighted by molar-refractivity contribution is 0.0191. The van der Waals surface area contributed by atoms with Crippen molar-refractivity contribution in [1.82, 2.24) is 9.88 Å². The average Bonchev–Trinajstić information content (AvgIpc) is 3.14. The molecule has 0 aromatic carbocycles. The summed E-state index contributed by atoms with van der Waals surface area (Å²) in [5.41, 5.74) is 0.342. The van der Waals surface area contributed by atoms with Crippen LogP contribution in [0.2, 0.25) is 0 Å². The number of ether oxygens (including phenoxy) is 2. The largest absolute Gasteiger partial charge is 0.483 e. The Labute approximate surface area is 148 Å². The molecule has 2 fully saturated rings. The zero-order valence-electron chi connectivity index (χ0n) is 15.5. The molecule has 3 heterocycles. The van der Waals surface area contributed by atoms with Crippen molar-refractivity contribution in [1.29, 1.82) is 0 Å². The molecule has 4 rings (SSSR count). The Morgan fingerprint density at radius 3 is 2.88 bits per heavy atom. The van der Waals surface area contributed by atoms with Crippen LogP contribution in [0.3, 0.4) is 0 Å². The molecule has 1 amide bonds. The number of pyridine rings is 1. The van der Waals surface area contributed by atoms with Gasteiger partial charge in [-0.3, -0.25) is 0 Å². The zero-order valence-corrected chi connectivity index (χ0v) is 15.5. The third-order valence-corrected chi connectivity index (χ3v) is 5.00. The first-order valence-corrected chi connectivity index (χ1v) is 9.17. The van der Waals surface area contributed by atoms with Crippen LogP contribution in [-0.4, -0.2) is 45.8 Å². The van der Waals surface area contributed by atoms with E-state index in [1.54, 1.807) is 4.90 Å². The van der Waals surface area contributed by atoms with Crippen molar-refractivity contribution in [3.8, 4) is 5.75 Å². The number of rotatable bonds is 2. The maximum atomic E-state index is 12.5. The van der Waals surface area contributed by atoms with Gasteiger partial charge in [0, 0.05) is 30.5 Å². The van der Waals surface area contributed by atoms with Crippen molar-refractivity contribution < 1.29 is 14.3 Å². The van der Waals surface area contributed by atoms with Crippen LogP contribution >= 0.6 is 0 Å². The van der Waals surface area contributed by atoms with E-state index >= 15 is 0 Å². The molecule has 3 aliphatic rings. The molecule has 1 saturated heterocycles. The quantitative estimate of drug-likeness (QED) is 0.890. The van der Waals surface area contributed by atoms with E-state index < -0.39 is 5.60 Å². The van der Waals surface area contributed by atoms with Gasteiger partial charge in [-0.2, -0.15) is 0 Å². The molecule has 2 aliphatic heterocycles. The van der Waals surface area contributed by atoms with Crippen molar-refractivity contribution >= 4 is 11.9 Å². The number of hydrogen-bond donors (Lipinski definition) is 1. The number of nitrogens with zero attached hydrogens (tertiary/aromatic N) is 2. The second-order valence-electron chi connectivity index (χ2n) is 8.72. The van der Waals surface area contributed by atoms with Gasteiger partial charge in [-0.15, -0.1) is 0 Å². The van der Waals surface area contributed by atoms with Gasteiger partial charge in [0.05, 0.1) is 12.7 Å². The lowest BCUT2D eigenvalue weighted by Gasteiger charge is -2.27. The van der Waals surface area contributed by atoms with Crippen LogP contribution in [0.1, 0.15) is 52.5 Å². The van der Waals surface area contributed by atoms with Gasteiger partial charge >= 0.3 is 6.09 Å². The number of fused-ring (bicyclic) bond motifs is 1. The zero-order chi connectivity index (χ0) is 17.8. The lowest BCUT2D eigenvalue weighted by Crippen LogP contribution is -2.42. The second kappa shape index (κ2) is 5.51. The molecule has 1 N–H and O–H groups in total. The topological polar surface area (TPSA) is 63.7 Å². The van der Waals surface area contributed by atoms with Crippen LogP contribution in [0.4, 0.5) is 10.6 Å². The van der Waals surface area contributed by atoms with Gasteiger partial charge in [-0.1, -0.05) is 0 Å². The smallest absolute Gasteiger partial charge is 0.410 e. The highest BCUT2D eigenvalue weighted by Gasteiger charge is 2.50. The summed E-state index contributed by atoms with van der Waals surface area (Å²) in [6, 6.07) is 2.78. The van der Waals surface area contributed by atoms with Crippen LogP contribution in [0.25, 0.3) is 0 Å². The predicted octanol–water partition coefficient (Wildman–Crippen LogP) is 3.36. The van der Waals surface area contributed by atoms with Crippen molar-refractivity contribution in [2.75, 3.05) is 11.9 Å². The van der Waals surface area contributed by atoms with Crippen molar-refractivity contribution in [2.45, 2.75) is 76.7 Å². The molecule has 0 radical (unpaired) electrons. The van der Waals surface area contributed by atoms with Crippen LogP contribution in [0.5, 0.6) is 5.75 Å². The molecule has 1 spiro atoms. The second-order valence-corrected chi connectivity index (χ2v) is 8.72. The summed E-state index contributed by atoms with van der Waals surface area (Å²) in [5, 5.41) is 3.43. The fraction of sp³-hybridized carbons (Fsp3) is 0.684. The molecular weight excluding hydrogens is 318 g/mol. The summed E-state index contributed by atoms with van der Waals surface area (Å²) in [4.78, 5) is 18.8. The number of aromatic nitrogens is 1. The minimum atomic E-state index is -0.487. The number of anilines is 1. The minimum absolute atomic E-state index is 0.0983. The first kappa shape index (κ1) is 16.5. The molecule has 2 atom stereocenters. The summed E-state index contributed by atoms with van der Waals surface area (Å²) >= 11 is 0. The SMILES string of the molecule is C[C@H]1C[C@]2(Cc3cc(NC4CC4)ncc3O2)CN1C(=O)OC(C)(C)C. The monoisotopic (exact) mass is 345 g/mol. The van der Waals surface area contributed by atoms with Crippen LogP contribution in [-0.2, 0) is 11.2 Å². The molecular formula is C19H27N3O3. The van der Waals surface area contributed by atoms with Crippen LogP contribution in [0.15, 0.2) is 12.3 Å². The highest BCUT2D eigenvalue weighted by molar-refractivity contribution is 5.69. The maximum absolute atomic E-state index is 12.5. The third-order valence-electron chi connectivity index (χ3n) is 5.00. The fourth-order valence-electron chi connectivity index (χ4n) is 3.79. The molecule has 6 nitrogen and oxygen atoms in total. The standard InChI is InChI=1S/C19H27N3O3/c1-12-8-19(11-22(12)17(23)25-18(2,3)4)9-13-7-16(21-14-5-6-14)20-10-15(13)24-19/h7,10,12,14H,5-6,8-9,11H2,1-4H3,(H,20,21)/t12-,19-/m0/s1. The Kier molecular flexibility index (Phi) is 3.63. The molecule has 0 bridgehead atoms. The van der Waals surface area contributed by atoms with Crippen molar-refractivity contribution in [2.24, 2.45) is 0 Å². The molecule has 136 valence electrons. The fourth-order valence-corrected chi connectivity index (χ4v) is 3.79. The van der Waals surface area contributed by atoms with E-state index in [1.165, 1.54) is 18.4 Å². The third kappa shape index (κ3) is 3.39. The molecule has 0 unspecified atom stereocenters.